The molecule has 0 saturated carbocycles. The molecule has 1 amide bonds. The molecule has 0 aromatic carbocycles. The summed E-state index contributed by atoms with van der Waals surface area (Å²) in [6, 6.07) is 0. The number of nitrogens with zero attached hydrogens (tertiary/aromatic N) is 1. The second-order valence-corrected chi connectivity index (χ2v) is 6.30. The molecular weight excluding hydrogens is 236 g/mol. The number of carbonyl (C=O) groups is 1. The summed E-state index contributed by atoms with van der Waals surface area (Å²) in [6.45, 7) is 8.02. The lowest BCUT2D eigenvalue weighted by molar-refractivity contribution is -0.125. The van der Waals surface area contributed by atoms with Crippen LogP contribution in [0.1, 0.15) is 39.5 Å². The largest absolute Gasteiger partial charge is 0.359 e. The van der Waals surface area contributed by atoms with E-state index < -0.39 is 0 Å². The van der Waals surface area contributed by atoms with E-state index in [1.54, 1.807) is 12.6 Å². The maximum Gasteiger partial charge on any atom is 0.222 e. The highest BCUT2D eigenvalue weighted by Crippen LogP contribution is 2.31. The van der Waals surface area contributed by atoms with Crippen LogP contribution >= 0.6 is 0 Å². The van der Waals surface area contributed by atoms with Gasteiger partial charge in [-0.05, 0) is 57.5 Å². The Bertz CT molecular complexity index is 343. The van der Waals surface area contributed by atoms with Crippen molar-refractivity contribution in [2.24, 2.45) is 17.8 Å². The van der Waals surface area contributed by atoms with Crippen LogP contribution in [0.2, 0.25) is 0 Å². The van der Waals surface area contributed by atoms with Crippen LogP contribution in [0.5, 0.6) is 0 Å². The van der Waals surface area contributed by atoms with Crippen molar-refractivity contribution >= 4 is 5.91 Å². The van der Waals surface area contributed by atoms with Crippen LogP contribution < -0.4 is 5.32 Å². The predicted octanol–water partition coefficient (Wildman–Crippen LogP) is 2.44. The van der Waals surface area contributed by atoms with E-state index in [9.17, 15) is 4.79 Å². The van der Waals surface area contributed by atoms with Crippen LogP contribution in [-0.4, -0.2) is 37.5 Å². The third kappa shape index (κ3) is 3.59. The lowest BCUT2D eigenvalue weighted by Gasteiger charge is -2.37. The second-order valence-electron chi connectivity index (χ2n) is 6.30. The van der Waals surface area contributed by atoms with Gasteiger partial charge in [-0.25, -0.2) is 0 Å². The van der Waals surface area contributed by atoms with Crippen LogP contribution in [0.3, 0.4) is 0 Å². The SMILES string of the molecule is CNC(=O)C1CCN(CC2C(C)=CCCC2C)CC1. The second kappa shape index (κ2) is 6.56. The molecule has 2 atom stereocenters. The Balaban J connectivity index is 1.84. The molecule has 3 heteroatoms. The van der Waals surface area contributed by atoms with Crippen LogP contribution in [0, 0.1) is 17.8 Å². The minimum atomic E-state index is 0.224. The molecule has 1 N–H and O–H groups in total. The molecule has 1 aliphatic heterocycles. The molecule has 1 fully saturated rings. The molecule has 0 aromatic heterocycles. The van der Waals surface area contributed by atoms with Gasteiger partial charge in [0.1, 0.15) is 0 Å². The summed E-state index contributed by atoms with van der Waals surface area (Å²) in [7, 11) is 1.74. The molecule has 19 heavy (non-hydrogen) atoms. The Kier molecular flexibility index (Phi) is 5.03. The van der Waals surface area contributed by atoms with E-state index >= 15 is 0 Å². The highest BCUT2D eigenvalue weighted by Gasteiger charge is 2.28. The first-order valence-electron chi connectivity index (χ1n) is 7.72. The van der Waals surface area contributed by atoms with Crippen LogP contribution in [0.25, 0.3) is 0 Å². The first kappa shape index (κ1) is 14.6. The number of hydrogen-bond donors (Lipinski definition) is 1. The van der Waals surface area contributed by atoms with Crippen molar-refractivity contribution in [1.29, 1.82) is 0 Å². The van der Waals surface area contributed by atoms with E-state index in [1.165, 1.54) is 19.4 Å². The molecule has 2 rings (SSSR count). The molecule has 3 nitrogen and oxygen atoms in total. The number of likely N-dealkylation sites (tertiary alicyclic amines) is 1. The van der Waals surface area contributed by atoms with E-state index in [-0.39, 0.29) is 11.8 Å². The standard InChI is InChI=1S/C16H28N2O/c1-12-5-4-6-13(2)15(12)11-18-9-7-14(8-10-18)16(19)17-3/h5,13-15H,4,6-11H2,1-3H3,(H,17,19). The Labute approximate surface area is 117 Å². The summed E-state index contributed by atoms with van der Waals surface area (Å²) in [6.07, 6.45) is 7.04. The van der Waals surface area contributed by atoms with Gasteiger partial charge in [0.15, 0.2) is 0 Å². The van der Waals surface area contributed by atoms with E-state index in [2.05, 4.69) is 30.1 Å². The molecule has 2 unspecified atom stereocenters. The number of amides is 1. The molecule has 0 bridgehead atoms. The van der Waals surface area contributed by atoms with Crippen molar-refractivity contribution < 1.29 is 4.79 Å². The van der Waals surface area contributed by atoms with Crippen molar-refractivity contribution in [3.63, 3.8) is 0 Å². The van der Waals surface area contributed by atoms with Gasteiger partial charge in [-0.1, -0.05) is 18.6 Å². The average Bonchev–Trinajstić information content (AvgIpc) is 2.43. The molecule has 1 heterocycles. The number of piperidine rings is 1. The Morgan fingerprint density at radius 2 is 2.05 bits per heavy atom. The minimum absolute atomic E-state index is 0.224. The smallest absolute Gasteiger partial charge is 0.222 e. The fourth-order valence-corrected chi connectivity index (χ4v) is 3.56. The van der Waals surface area contributed by atoms with Crippen molar-refractivity contribution in [2.45, 2.75) is 39.5 Å². The lowest BCUT2D eigenvalue weighted by Crippen LogP contribution is -2.42. The fourth-order valence-electron chi connectivity index (χ4n) is 3.56. The van der Waals surface area contributed by atoms with E-state index in [4.69, 9.17) is 0 Å². The zero-order valence-electron chi connectivity index (χ0n) is 12.6. The summed E-state index contributed by atoms with van der Waals surface area (Å²) in [5, 5.41) is 2.78. The van der Waals surface area contributed by atoms with Gasteiger partial charge in [-0.2, -0.15) is 0 Å². The maximum atomic E-state index is 11.6. The molecule has 0 aromatic rings. The zero-order valence-corrected chi connectivity index (χ0v) is 12.6. The van der Waals surface area contributed by atoms with E-state index in [1.807, 2.05) is 0 Å². The van der Waals surface area contributed by atoms with Gasteiger partial charge < -0.3 is 10.2 Å². The van der Waals surface area contributed by atoms with Crippen molar-refractivity contribution in [3.05, 3.63) is 11.6 Å². The van der Waals surface area contributed by atoms with E-state index in [0.717, 1.165) is 37.8 Å². The minimum Gasteiger partial charge on any atom is -0.359 e. The van der Waals surface area contributed by atoms with Gasteiger partial charge in [-0.15, -0.1) is 0 Å². The van der Waals surface area contributed by atoms with Gasteiger partial charge in [0.25, 0.3) is 0 Å². The quantitative estimate of drug-likeness (QED) is 0.794. The average molecular weight is 264 g/mol. The van der Waals surface area contributed by atoms with Crippen LogP contribution in [-0.2, 0) is 4.79 Å². The lowest BCUT2D eigenvalue weighted by atomic mass is 9.79. The molecule has 1 saturated heterocycles. The van der Waals surface area contributed by atoms with Gasteiger partial charge in [-0.3, -0.25) is 4.79 Å². The van der Waals surface area contributed by atoms with Crippen LogP contribution in [0.15, 0.2) is 11.6 Å². The van der Waals surface area contributed by atoms with E-state index in [0.29, 0.717) is 0 Å². The number of rotatable bonds is 3. The zero-order chi connectivity index (χ0) is 13.8. The third-order valence-electron chi connectivity index (χ3n) is 5.02. The van der Waals surface area contributed by atoms with Crippen molar-refractivity contribution in [3.8, 4) is 0 Å². The topological polar surface area (TPSA) is 32.3 Å². The van der Waals surface area contributed by atoms with Gasteiger partial charge >= 0.3 is 0 Å². The van der Waals surface area contributed by atoms with Gasteiger partial charge in [0.05, 0.1) is 0 Å². The Hall–Kier alpha value is -0.830. The third-order valence-corrected chi connectivity index (χ3v) is 5.02. The number of nitrogens with one attached hydrogen (secondary N) is 1. The molecular formula is C16H28N2O. The number of hydrogen-bond acceptors (Lipinski definition) is 2. The molecule has 2 aliphatic rings. The summed E-state index contributed by atoms with van der Waals surface area (Å²) >= 11 is 0. The fraction of sp³-hybridized carbons (Fsp3) is 0.812. The van der Waals surface area contributed by atoms with Crippen molar-refractivity contribution in [2.75, 3.05) is 26.7 Å². The summed E-state index contributed by atoms with van der Waals surface area (Å²) in [5.74, 6) is 2.00. The highest BCUT2D eigenvalue weighted by molar-refractivity contribution is 5.78. The normalized spacial score (nSPS) is 29.9. The maximum absolute atomic E-state index is 11.6. The van der Waals surface area contributed by atoms with Gasteiger partial charge in [0.2, 0.25) is 5.91 Å². The molecule has 108 valence electrons. The molecule has 0 spiro atoms. The number of allylic oxidation sites excluding steroid dienone is 1. The highest BCUT2D eigenvalue weighted by atomic mass is 16.1. The summed E-state index contributed by atoms with van der Waals surface area (Å²) in [5.41, 5.74) is 1.58. The summed E-state index contributed by atoms with van der Waals surface area (Å²) < 4.78 is 0. The first-order valence-corrected chi connectivity index (χ1v) is 7.72. The van der Waals surface area contributed by atoms with Crippen LogP contribution in [0.4, 0.5) is 0 Å². The Morgan fingerprint density at radius 1 is 1.37 bits per heavy atom. The Morgan fingerprint density at radius 3 is 2.63 bits per heavy atom. The monoisotopic (exact) mass is 264 g/mol. The van der Waals surface area contributed by atoms with Gasteiger partial charge in [0, 0.05) is 19.5 Å². The molecule has 1 aliphatic carbocycles. The van der Waals surface area contributed by atoms with Crippen molar-refractivity contribution in [1.82, 2.24) is 10.2 Å². The predicted molar refractivity (Wildman–Crippen MR) is 78.9 cm³/mol. The summed E-state index contributed by atoms with van der Waals surface area (Å²) in [4.78, 5) is 14.2. The molecule has 0 radical (unpaired) electrons. The first-order chi connectivity index (χ1) is 9.11. The number of carbonyl (C=O) groups excluding carboxylic acids is 1.